The minimum Gasteiger partial charge on any atom is -0.283 e. The molecule has 0 spiro atoms. The van der Waals surface area contributed by atoms with Crippen LogP contribution in [0, 0.1) is 5.82 Å². The summed E-state index contributed by atoms with van der Waals surface area (Å²) in [6.07, 6.45) is 3.19. The van der Waals surface area contributed by atoms with E-state index in [0.717, 1.165) is 0 Å². The molecule has 0 radical (unpaired) electrons. The smallest absolute Gasteiger partial charge is 0.283 e. The van der Waals surface area contributed by atoms with Gasteiger partial charge in [0, 0.05) is 5.69 Å². The second-order valence-corrected chi connectivity index (χ2v) is 6.51. The van der Waals surface area contributed by atoms with E-state index in [0.29, 0.717) is 10.8 Å². The second-order valence-electron chi connectivity index (χ2n) is 5.33. The molecule has 0 fully saturated rings. The molecule has 138 valence electrons. The van der Waals surface area contributed by atoms with Crippen LogP contribution in [0.5, 0.6) is 0 Å². The molecule has 2 N–H and O–H groups in total. The van der Waals surface area contributed by atoms with Gasteiger partial charge in [0.15, 0.2) is 5.16 Å². The number of benzene rings is 2. The first-order valence-electron chi connectivity index (χ1n) is 7.74. The maximum atomic E-state index is 13.2. The van der Waals surface area contributed by atoms with Crippen molar-refractivity contribution in [3.8, 4) is 5.69 Å². The van der Waals surface area contributed by atoms with Gasteiger partial charge in [-0.05, 0) is 42.7 Å². The van der Waals surface area contributed by atoms with Crippen molar-refractivity contribution in [3.63, 3.8) is 0 Å². The standard InChI is InChI=1S/C18H14ClFN4O2S/c1-27-18-21-10-15(24(18)12-8-6-11(20)7-9-12)17(26)23-22-16(25)13-4-2-3-5-14(13)19/h2-10H,1H3,(H,22,25)(H,23,26). The molecule has 0 aliphatic carbocycles. The van der Waals surface area contributed by atoms with Gasteiger partial charge in [-0.1, -0.05) is 35.5 Å². The van der Waals surface area contributed by atoms with Gasteiger partial charge in [-0.25, -0.2) is 9.37 Å². The molecule has 0 saturated carbocycles. The van der Waals surface area contributed by atoms with Crippen molar-refractivity contribution in [3.05, 3.63) is 76.8 Å². The highest BCUT2D eigenvalue weighted by Crippen LogP contribution is 2.22. The number of hydrazine groups is 1. The van der Waals surface area contributed by atoms with Gasteiger partial charge in [0.1, 0.15) is 11.5 Å². The molecule has 1 aromatic heterocycles. The SMILES string of the molecule is CSc1ncc(C(=O)NNC(=O)c2ccccc2Cl)n1-c1ccc(F)cc1. The summed E-state index contributed by atoms with van der Waals surface area (Å²) in [7, 11) is 0. The molecule has 0 aliphatic rings. The van der Waals surface area contributed by atoms with Crippen LogP contribution >= 0.6 is 23.4 Å². The zero-order valence-electron chi connectivity index (χ0n) is 14.1. The molecule has 9 heteroatoms. The van der Waals surface area contributed by atoms with Crippen molar-refractivity contribution >= 4 is 35.2 Å². The summed E-state index contributed by atoms with van der Waals surface area (Å²) in [4.78, 5) is 28.9. The maximum absolute atomic E-state index is 13.2. The molecule has 6 nitrogen and oxygen atoms in total. The number of hydrogen-bond acceptors (Lipinski definition) is 4. The number of halogens is 2. The third kappa shape index (κ3) is 4.12. The van der Waals surface area contributed by atoms with Crippen LogP contribution in [0.4, 0.5) is 4.39 Å². The Labute approximate surface area is 163 Å². The van der Waals surface area contributed by atoms with Gasteiger partial charge >= 0.3 is 0 Å². The predicted octanol–water partition coefficient (Wildman–Crippen LogP) is 3.46. The quantitative estimate of drug-likeness (QED) is 0.515. The monoisotopic (exact) mass is 404 g/mol. The highest BCUT2D eigenvalue weighted by atomic mass is 35.5. The largest absolute Gasteiger partial charge is 0.288 e. The lowest BCUT2D eigenvalue weighted by Gasteiger charge is -2.12. The van der Waals surface area contributed by atoms with Crippen LogP contribution in [0.25, 0.3) is 5.69 Å². The molecule has 0 atom stereocenters. The van der Waals surface area contributed by atoms with Crippen LogP contribution in [-0.2, 0) is 0 Å². The number of amides is 2. The van der Waals surface area contributed by atoms with Gasteiger partial charge in [-0.15, -0.1) is 0 Å². The summed E-state index contributed by atoms with van der Waals surface area (Å²) in [5, 5.41) is 0.814. The molecular weight excluding hydrogens is 391 g/mol. The Morgan fingerprint density at radius 1 is 1.07 bits per heavy atom. The average molecular weight is 405 g/mol. The Hall–Kier alpha value is -2.84. The third-order valence-electron chi connectivity index (χ3n) is 3.64. The number of imidazole rings is 1. The lowest BCUT2D eigenvalue weighted by atomic mass is 10.2. The topological polar surface area (TPSA) is 76.0 Å². The molecule has 0 saturated heterocycles. The van der Waals surface area contributed by atoms with Gasteiger partial charge in [0.05, 0.1) is 16.8 Å². The van der Waals surface area contributed by atoms with Crippen molar-refractivity contribution in [1.29, 1.82) is 0 Å². The van der Waals surface area contributed by atoms with Crippen LogP contribution in [0.15, 0.2) is 59.9 Å². The summed E-state index contributed by atoms with van der Waals surface area (Å²) in [5.74, 6) is -1.51. The van der Waals surface area contributed by atoms with Crippen molar-refractivity contribution in [2.75, 3.05) is 6.26 Å². The minimum atomic E-state index is -0.576. The van der Waals surface area contributed by atoms with Gasteiger partial charge in [0.25, 0.3) is 11.8 Å². The fourth-order valence-corrected chi connectivity index (χ4v) is 3.13. The van der Waals surface area contributed by atoms with Crippen molar-refractivity contribution in [2.24, 2.45) is 0 Å². The van der Waals surface area contributed by atoms with Gasteiger partial charge in [-0.2, -0.15) is 0 Å². The number of carbonyl (C=O) groups is 2. The van der Waals surface area contributed by atoms with E-state index in [2.05, 4.69) is 15.8 Å². The van der Waals surface area contributed by atoms with Crippen molar-refractivity contribution in [1.82, 2.24) is 20.4 Å². The molecular formula is C18H14ClFN4O2S. The average Bonchev–Trinajstić information content (AvgIpc) is 3.11. The predicted molar refractivity (Wildman–Crippen MR) is 102 cm³/mol. The number of rotatable bonds is 4. The number of aromatic nitrogens is 2. The first-order valence-corrected chi connectivity index (χ1v) is 9.34. The zero-order valence-corrected chi connectivity index (χ0v) is 15.6. The molecule has 0 aliphatic heterocycles. The summed E-state index contributed by atoms with van der Waals surface area (Å²) in [6, 6.07) is 12.1. The first kappa shape index (κ1) is 18.9. The van der Waals surface area contributed by atoms with E-state index in [9.17, 15) is 14.0 Å². The lowest BCUT2D eigenvalue weighted by molar-refractivity contribution is 0.0842. The highest BCUT2D eigenvalue weighted by molar-refractivity contribution is 7.98. The number of nitrogens with zero attached hydrogens (tertiary/aromatic N) is 2. The van der Waals surface area contributed by atoms with Gasteiger partial charge in [-0.3, -0.25) is 25.0 Å². The molecule has 2 aromatic carbocycles. The van der Waals surface area contributed by atoms with E-state index in [4.69, 9.17) is 11.6 Å². The van der Waals surface area contributed by atoms with Crippen LogP contribution < -0.4 is 10.9 Å². The Kier molecular flexibility index (Phi) is 5.78. The summed E-state index contributed by atoms with van der Waals surface area (Å²) in [5.41, 5.74) is 5.65. The number of hydrogen-bond donors (Lipinski definition) is 2. The van der Waals surface area contributed by atoms with Gasteiger partial charge < -0.3 is 0 Å². The summed E-state index contributed by atoms with van der Waals surface area (Å²) >= 11 is 7.30. The number of nitrogens with one attached hydrogen (secondary N) is 2. The first-order chi connectivity index (χ1) is 13.0. The second kappa shape index (κ2) is 8.24. The lowest BCUT2D eigenvalue weighted by Crippen LogP contribution is -2.42. The molecule has 3 aromatic rings. The Morgan fingerprint density at radius 3 is 2.41 bits per heavy atom. The zero-order chi connectivity index (χ0) is 19.4. The van der Waals surface area contributed by atoms with E-state index in [1.165, 1.54) is 42.2 Å². The van der Waals surface area contributed by atoms with E-state index in [-0.39, 0.29) is 22.1 Å². The van der Waals surface area contributed by atoms with E-state index in [1.54, 1.807) is 28.8 Å². The van der Waals surface area contributed by atoms with Crippen LogP contribution in [0.3, 0.4) is 0 Å². The fraction of sp³-hybridized carbons (Fsp3) is 0.0556. The highest BCUT2D eigenvalue weighted by Gasteiger charge is 2.19. The van der Waals surface area contributed by atoms with Crippen molar-refractivity contribution in [2.45, 2.75) is 5.16 Å². The molecule has 0 bridgehead atoms. The van der Waals surface area contributed by atoms with Crippen LogP contribution in [-0.4, -0.2) is 27.6 Å². The number of carbonyl (C=O) groups excluding carboxylic acids is 2. The van der Waals surface area contributed by atoms with Crippen LogP contribution in [0.2, 0.25) is 5.02 Å². The van der Waals surface area contributed by atoms with Crippen LogP contribution in [0.1, 0.15) is 20.8 Å². The normalized spacial score (nSPS) is 10.5. The Morgan fingerprint density at radius 2 is 1.74 bits per heavy atom. The van der Waals surface area contributed by atoms with Crippen molar-refractivity contribution < 1.29 is 14.0 Å². The maximum Gasteiger partial charge on any atom is 0.288 e. The number of thioether (sulfide) groups is 1. The van der Waals surface area contributed by atoms with E-state index in [1.807, 2.05) is 6.26 Å². The van der Waals surface area contributed by atoms with E-state index < -0.39 is 11.8 Å². The fourth-order valence-electron chi connectivity index (χ4n) is 2.37. The molecule has 2 amide bonds. The molecule has 3 rings (SSSR count). The Bertz CT molecular complexity index is 991. The molecule has 1 heterocycles. The molecule has 0 unspecified atom stereocenters. The van der Waals surface area contributed by atoms with E-state index >= 15 is 0 Å². The Balaban J connectivity index is 1.81. The third-order valence-corrected chi connectivity index (χ3v) is 4.62. The van der Waals surface area contributed by atoms with Gasteiger partial charge in [0.2, 0.25) is 0 Å². The minimum absolute atomic E-state index is 0.186. The summed E-state index contributed by atoms with van der Waals surface area (Å²) in [6.45, 7) is 0. The summed E-state index contributed by atoms with van der Waals surface area (Å²) < 4.78 is 14.8. The molecule has 27 heavy (non-hydrogen) atoms.